The first-order valence-corrected chi connectivity index (χ1v) is 20.1. The highest BCUT2D eigenvalue weighted by atomic mass is 16.5. The molecule has 0 spiro atoms. The minimum Gasteiger partial charge on any atom is -0.508 e. The number of H-pyrrole nitrogens is 1. The van der Waals surface area contributed by atoms with E-state index in [0.29, 0.717) is 11.1 Å². The number of benzene rings is 3. The molecule has 5 rings (SSSR count). The summed E-state index contributed by atoms with van der Waals surface area (Å²) in [6.45, 7) is 1.30. The van der Waals surface area contributed by atoms with E-state index >= 15 is 0 Å². The molecule has 1 fully saturated rings. The van der Waals surface area contributed by atoms with E-state index in [1.54, 1.807) is 30.3 Å². The Morgan fingerprint density at radius 1 is 0.873 bits per heavy atom. The Hall–Kier alpha value is -6.87. The van der Waals surface area contributed by atoms with Crippen LogP contribution in [0.25, 0.3) is 0 Å². The van der Waals surface area contributed by atoms with E-state index < -0.39 is 89.6 Å². The Kier molecular flexibility index (Phi) is 16.7. The first kappa shape index (κ1) is 47.2. The minimum atomic E-state index is -1.50. The Labute approximate surface area is 361 Å². The smallest absolute Gasteiger partial charge is 0.330 e. The molecular formula is C43H52N8O12. The van der Waals surface area contributed by atoms with Gasteiger partial charge in [-0.25, -0.2) is 14.4 Å². The van der Waals surface area contributed by atoms with Gasteiger partial charge in [0, 0.05) is 45.1 Å². The number of rotatable bonds is 20. The number of hydrogen-bond acceptors (Lipinski definition) is 12. The summed E-state index contributed by atoms with van der Waals surface area (Å²) >= 11 is 0. The van der Waals surface area contributed by atoms with Crippen molar-refractivity contribution < 1.29 is 48.8 Å². The number of amides is 5. The van der Waals surface area contributed by atoms with Gasteiger partial charge in [0.1, 0.15) is 36.0 Å². The number of carboxylic acids is 1. The number of aromatic hydroxyl groups is 1. The fourth-order valence-electron chi connectivity index (χ4n) is 6.84. The first-order chi connectivity index (χ1) is 30.1. The summed E-state index contributed by atoms with van der Waals surface area (Å²) in [4.78, 5) is 94.9. The molecular weight excluding hydrogens is 821 g/mol. The van der Waals surface area contributed by atoms with Crippen LogP contribution in [0.15, 0.2) is 107 Å². The quantitative estimate of drug-likeness (QED) is 0.0542. The van der Waals surface area contributed by atoms with Crippen molar-refractivity contribution in [2.75, 3.05) is 20.2 Å². The summed E-state index contributed by atoms with van der Waals surface area (Å²) in [5.41, 5.74) is 6.75. The number of urea groups is 1. The fraction of sp³-hybridized carbons (Fsp3) is 0.372. The Morgan fingerprint density at radius 3 is 2.11 bits per heavy atom. The summed E-state index contributed by atoms with van der Waals surface area (Å²) in [7, 11) is 1.40. The zero-order valence-electron chi connectivity index (χ0n) is 34.6. The highest BCUT2D eigenvalue weighted by Gasteiger charge is 2.39. The Morgan fingerprint density at radius 2 is 1.48 bits per heavy atom. The van der Waals surface area contributed by atoms with Gasteiger partial charge in [-0.05, 0) is 35.7 Å². The summed E-state index contributed by atoms with van der Waals surface area (Å²) in [5, 5.41) is 40.5. The van der Waals surface area contributed by atoms with E-state index in [4.69, 9.17) is 15.2 Å². The van der Waals surface area contributed by atoms with E-state index in [9.17, 15) is 48.9 Å². The van der Waals surface area contributed by atoms with Crippen LogP contribution >= 0.6 is 0 Å². The molecule has 1 saturated heterocycles. The number of aliphatic hydroxyl groups excluding tert-OH is 1. The van der Waals surface area contributed by atoms with Crippen molar-refractivity contribution in [3.8, 4) is 5.75 Å². The number of carbonyl (C=O) groups is 5. The van der Waals surface area contributed by atoms with E-state index in [-0.39, 0.29) is 44.8 Å². The molecule has 1 aliphatic heterocycles. The average Bonchev–Trinajstić information content (AvgIpc) is 3.64. The van der Waals surface area contributed by atoms with Gasteiger partial charge in [0.25, 0.3) is 5.56 Å². The molecule has 2 heterocycles. The number of ether oxygens (including phenoxy) is 2. The first-order valence-electron chi connectivity index (χ1n) is 20.1. The van der Waals surface area contributed by atoms with Crippen molar-refractivity contribution >= 4 is 29.7 Å². The molecule has 0 bridgehead atoms. The summed E-state index contributed by atoms with van der Waals surface area (Å²) in [5.74, 6) is -3.67. The average molecular weight is 873 g/mol. The van der Waals surface area contributed by atoms with Crippen molar-refractivity contribution in [3.05, 3.63) is 135 Å². The van der Waals surface area contributed by atoms with Gasteiger partial charge in [-0.15, -0.1) is 0 Å². The van der Waals surface area contributed by atoms with Gasteiger partial charge in [-0.2, -0.15) is 0 Å². The third-order valence-corrected chi connectivity index (χ3v) is 10.4. The zero-order chi connectivity index (χ0) is 45.6. The van der Waals surface area contributed by atoms with E-state index in [1.807, 2.05) is 30.3 Å². The van der Waals surface area contributed by atoms with Crippen LogP contribution in [0, 0.1) is 0 Å². The highest BCUT2D eigenvalue weighted by molar-refractivity contribution is 5.93. The van der Waals surface area contributed by atoms with E-state index in [1.165, 1.54) is 49.3 Å². The molecule has 0 radical (unpaired) electrons. The number of nitrogens with one attached hydrogen (secondary N) is 5. The number of carboxylic acid groups (broad SMARTS) is 1. The molecule has 1 aromatic heterocycles. The largest absolute Gasteiger partial charge is 0.508 e. The number of hydrogen-bond donors (Lipinski definition) is 9. The van der Waals surface area contributed by atoms with Crippen LogP contribution in [0.4, 0.5) is 4.79 Å². The molecule has 63 heavy (non-hydrogen) atoms. The monoisotopic (exact) mass is 872 g/mol. The van der Waals surface area contributed by atoms with Gasteiger partial charge in [0.2, 0.25) is 17.7 Å². The second-order valence-corrected chi connectivity index (χ2v) is 15.1. The van der Waals surface area contributed by atoms with Crippen LogP contribution in [0.1, 0.15) is 36.3 Å². The highest BCUT2D eigenvalue weighted by Crippen LogP contribution is 2.27. The predicted molar refractivity (Wildman–Crippen MR) is 226 cm³/mol. The van der Waals surface area contributed by atoms with Crippen LogP contribution in [-0.2, 0) is 48.1 Å². The van der Waals surface area contributed by atoms with Crippen LogP contribution in [0.5, 0.6) is 5.75 Å². The van der Waals surface area contributed by atoms with Crippen molar-refractivity contribution in [2.45, 2.75) is 81.4 Å². The Bertz CT molecular complexity index is 2290. The SMILES string of the molecule is C[C@@H](C(NC(=O)[C@H](Cc1ccccc1)NC(=O)N[C@@H](Cc1ccc(O)cc1)C(=O)O)C(=O)NC[C@H]1C[C@@H](O)[C@H](n2ccc(=O)[nH]c2=O)O1)N(C)C(=O)[C@@H](N)COCc1ccccc1. The molecule has 1 aliphatic rings. The number of aliphatic hydroxyl groups is 1. The lowest BCUT2D eigenvalue weighted by molar-refractivity contribution is -0.140. The molecule has 0 aliphatic carbocycles. The number of aromatic amines is 1. The van der Waals surface area contributed by atoms with Crippen molar-refractivity contribution in [3.63, 3.8) is 0 Å². The van der Waals surface area contributed by atoms with Gasteiger partial charge in [-0.3, -0.25) is 28.7 Å². The topological polar surface area (TPSA) is 297 Å². The zero-order valence-corrected chi connectivity index (χ0v) is 34.6. The third kappa shape index (κ3) is 13.6. The maximum Gasteiger partial charge on any atom is 0.330 e. The van der Waals surface area contributed by atoms with Crippen LogP contribution in [0.2, 0.25) is 0 Å². The van der Waals surface area contributed by atoms with E-state index in [0.717, 1.165) is 16.2 Å². The molecule has 8 atom stereocenters. The summed E-state index contributed by atoms with van der Waals surface area (Å²) in [6.07, 6.45) is -2.32. The van der Waals surface area contributed by atoms with Gasteiger partial charge in [-0.1, -0.05) is 72.8 Å². The normalized spacial score (nSPS) is 18.2. The second kappa shape index (κ2) is 22.3. The van der Waals surface area contributed by atoms with Crippen LogP contribution in [0.3, 0.4) is 0 Å². The van der Waals surface area contributed by atoms with Crippen molar-refractivity contribution in [1.29, 1.82) is 0 Å². The number of nitrogens with two attached hydrogens (primary N) is 1. The number of phenols is 1. The summed E-state index contributed by atoms with van der Waals surface area (Å²) in [6, 6.07) is 17.1. The molecule has 4 aromatic rings. The molecule has 5 amide bonds. The lowest BCUT2D eigenvalue weighted by Gasteiger charge is -2.34. The standard InChI is InChI=1S/C43H52N8O12/c1-25(50(2)39(57)31(44)24-62-23-28-11-7-4-8-12-28)36(38(56)45-22-30-21-34(53)40(63-30)51-18-17-35(54)48-43(51)61)49-37(55)32(19-26-9-5-3-6-10-26)46-42(60)47-33(41(58)59)20-27-13-15-29(52)16-14-27/h3-18,25,30-34,36,40,52-53H,19-24,44H2,1-2H3,(H,45,56)(H,49,55)(H,58,59)(H2,46,47,60)(H,48,54,61)/t25-,30+,31-,32-,33-,34+,36?,40+/m0/s1. The molecule has 1 unspecified atom stereocenters. The lowest BCUT2D eigenvalue weighted by atomic mass is 10.0. The molecule has 3 aromatic carbocycles. The minimum absolute atomic E-state index is 0.0262. The predicted octanol–water partition coefficient (Wildman–Crippen LogP) is -0.511. The van der Waals surface area contributed by atoms with Gasteiger partial charge < -0.3 is 56.7 Å². The number of likely N-dealkylation sites (N-methyl/N-ethyl adjacent to an activating group) is 1. The third-order valence-electron chi connectivity index (χ3n) is 10.4. The summed E-state index contributed by atoms with van der Waals surface area (Å²) < 4.78 is 12.6. The number of aliphatic carboxylic acids is 1. The number of nitrogens with zero attached hydrogens (tertiary/aromatic N) is 2. The number of phenolic OH excluding ortho intramolecular Hbond substituents is 1. The van der Waals surface area contributed by atoms with Gasteiger partial charge >= 0.3 is 17.7 Å². The maximum atomic E-state index is 14.3. The lowest BCUT2D eigenvalue weighted by Crippen LogP contribution is -2.63. The maximum absolute atomic E-state index is 14.3. The molecule has 20 nitrogen and oxygen atoms in total. The fourth-order valence-corrected chi connectivity index (χ4v) is 6.84. The van der Waals surface area contributed by atoms with Gasteiger partial charge in [0.15, 0.2) is 6.23 Å². The van der Waals surface area contributed by atoms with E-state index in [2.05, 4.69) is 26.3 Å². The number of carbonyl (C=O) groups excluding carboxylic acids is 4. The van der Waals surface area contributed by atoms with Crippen molar-refractivity contribution in [2.24, 2.45) is 5.73 Å². The Balaban J connectivity index is 1.33. The number of aromatic nitrogens is 2. The van der Waals surface area contributed by atoms with Gasteiger partial charge in [0.05, 0.1) is 25.4 Å². The molecule has 20 heteroatoms. The molecule has 10 N–H and O–H groups in total. The molecule has 0 saturated carbocycles. The molecule has 336 valence electrons. The second-order valence-electron chi connectivity index (χ2n) is 15.1. The van der Waals surface area contributed by atoms with Crippen LogP contribution < -0.4 is 38.2 Å². The van der Waals surface area contributed by atoms with Crippen molar-refractivity contribution in [1.82, 2.24) is 35.7 Å². The van der Waals surface area contributed by atoms with Crippen LogP contribution in [-0.4, -0.2) is 122 Å².